The van der Waals surface area contributed by atoms with Gasteiger partial charge in [-0.05, 0) is 36.8 Å². The molecule has 2 aromatic carbocycles. The normalized spacial score (nSPS) is 17.2. The highest BCUT2D eigenvalue weighted by Crippen LogP contribution is 2.23. The Kier molecular flexibility index (Phi) is 3.76. The number of aromatic nitrogens is 1. The van der Waals surface area contributed by atoms with Crippen LogP contribution in [-0.4, -0.2) is 30.0 Å². The summed E-state index contributed by atoms with van der Waals surface area (Å²) in [5.41, 5.74) is 1.88. The average molecular weight is 341 g/mol. The summed E-state index contributed by atoms with van der Waals surface area (Å²) >= 11 is 0. The van der Waals surface area contributed by atoms with Gasteiger partial charge in [0.05, 0.1) is 11.2 Å². The van der Waals surface area contributed by atoms with Gasteiger partial charge in [0.15, 0.2) is 5.58 Å². The highest BCUT2D eigenvalue weighted by Gasteiger charge is 2.26. The van der Waals surface area contributed by atoms with Gasteiger partial charge in [-0.1, -0.05) is 12.1 Å². The van der Waals surface area contributed by atoms with Gasteiger partial charge in [0.25, 0.3) is 5.91 Å². The van der Waals surface area contributed by atoms with Crippen molar-refractivity contribution in [3.8, 4) is 0 Å². The molecule has 1 saturated heterocycles. The Morgan fingerprint density at radius 1 is 1.28 bits per heavy atom. The van der Waals surface area contributed by atoms with Gasteiger partial charge < -0.3 is 14.6 Å². The van der Waals surface area contributed by atoms with Crippen molar-refractivity contribution in [1.82, 2.24) is 10.3 Å². The van der Waals surface area contributed by atoms with Crippen molar-refractivity contribution in [2.75, 3.05) is 18.0 Å². The summed E-state index contributed by atoms with van der Waals surface area (Å²) in [4.78, 5) is 28.1. The van der Waals surface area contributed by atoms with Crippen molar-refractivity contribution in [2.45, 2.75) is 12.5 Å². The van der Waals surface area contributed by atoms with Crippen LogP contribution in [0.5, 0.6) is 0 Å². The minimum atomic E-state index is -0.552. The molecule has 2 heterocycles. The van der Waals surface area contributed by atoms with Gasteiger partial charge in [0.2, 0.25) is 0 Å². The summed E-state index contributed by atoms with van der Waals surface area (Å²) in [5.74, 6) is -1.04. The third kappa shape index (κ3) is 3.00. The second-order valence-corrected chi connectivity index (χ2v) is 6.08. The number of carbonyl (C=O) groups is 1. The number of oxazole rings is 1. The minimum Gasteiger partial charge on any atom is -0.408 e. The van der Waals surface area contributed by atoms with Crippen LogP contribution in [0.15, 0.2) is 51.7 Å². The largest absolute Gasteiger partial charge is 0.417 e. The molecule has 1 amide bonds. The first kappa shape index (κ1) is 15.4. The van der Waals surface area contributed by atoms with E-state index in [1.165, 1.54) is 6.07 Å². The molecule has 6 nitrogen and oxygen atoms in total. The summed E-state index contributed by atoms with van der Waals surface area (Å²) in [6.07, 6.45) is 0.741. The minimum absolute atomic E-state index is 0.0637. The zero-order chi connectivity index (χ0) is 17.4. The summed E-state index contributed by atoms with van der Waals surface area (Å²) in [5, 5.41) is 2.96. The molecule has 1 aliphatic rings. The number of H-pyrrole nitrogens is 1. The third-order valence-corrected chi connectivity index (χ3v) is 4.40. The number of para-hydroxylation sites is 1. The lowest BCUT2D eigenvalue weighted by Crippen LogP contribution is -2.37. The molecule has 1 aliphatic heterocycles. The highest BCUT2D eigenvalue weighted by molar-refractivity contribution is 5.97. The molecule has 128 valence electrons. The van der Waals surface area contributed by atoms with Gasteiger partial charge in [-0.3, -0.25) is 9.78 Å². The molecule has 0 spiro atoms. The van der Waals surface area contributed by atoms with Crippen LogP contribution in [0.2, 0.25) is 0 Å². The van der Waals surface area contributed by atoms with E-state index in [1.54, 1.807) is 36.4 Å². The van der Waals surface area contributed by atoms with Crippen LogP contribution >= 0.6 is 0 Å². The number of fused-ring (bicyclic) bond motifs is 1. The lowest BCUT2D eigenvalue weighted by molar-refractivity contribution is 0.0940. The summed E-state index contributed by atoms with van der Waals surface area (Å²) in [7, 11) is 0. The maximum absolute atomic E-state index is 13.9. The van der Waals surface area contributed by atoms with Crippen LogP contribution in [0.3, 0.4) is 0 Å². The molecule has 0 unspecified atom stereocenters. The predicted molar refractivity (Wildman–Crippen MR) is 91.3 cm³/mol. The Labute approximate surface area is 142 Å². The lowest BCUT2D eigenvalue weighted by atomic mass is 10.1. The van der Waals surface area contributed by atoms with E-state index in [-0.39, 0.29) is 17.8 Å². The second kappa shape index (κ2) is 6.08. The zero-order valence-electron chi connectivity index (χ0n) is 13.3. The number of aromatic amines is 1. The quantitative estimate of drug-likeness (QED) is 0.766. The summed E-state index contributed by atoms with van der Waals surface area (Å²) in [6.45, 7) is 1.23. The van der Waals surface area contributed by atoms with E-state index in [4.69, 9.17) is 4.42 Å². The number of hydrogen-bond donors (Lipinski definition) is 2. The molecule has 0 bridgehead atoms. The van der Waals surface area contributed by atoms with Gasteiger partial charge in [-0.25, -0.2) is 9.18 Å². The van der Waals surface area contributed by atoms with Crippen LogP contribution in [0.1, 0.15) is 16.8 Å². The first-order valence-electron chi connectivity index (χ1n) is 8.03. The van der Waals surface area contributed by atoms with Crippen LogP contribution in [-0.2, 0) is 0 Å². The smallest absolute Gasteiger partial charge is 0.408 e. The van der Waals surface area contributed by atoms with E-state index in [9.17, 15) is 14.0 Å². The van der Waals surface area contributed by atoms with Gasteiger partial charge in [0.1, 0.15) is 5.82 Å². The number of nitrogens with one attached hydrogen (secondary N) is 2. The van der Waals surface area contributed by atoms with E-state index in [2.05, 4.69) is 10.3 Å². The number of hydrogen-bond acceptors (Lipinski definition) is 4. The number of halogens is 1. The number of benzene rings is 2. The first-order chi connectivity index (χ1) is 12.1. The van der Waals surface area contributed by atoms with Crippen LogP contribution in [0.25, 0.3) is 11.1 Å². The van der Waals surface area contributed by atoms with Crippen molar-refractivity contribution in [3.05, 3.63) is 64.4 Å². The number of anilines is 1. The monoisotopic (exact) mass is 341 g/mol. The average Bonchev–Trinajstić information content (AvgIpc) is 3.19. The van der Waals surface area contributed by atoms with Gasteiger partial charge in [-0.2, -0.15) is 0 Å². The first-order valence-corrected chi connectivity index (χ1v) is 8.03. The fourth-order valence-corrected chi connectivity index (χ4v) is 3.17. The molecule has 3 aromatic rings. The zero-order valence-corrected chi connectivity index (χ0v) is 13.3. The number of carbonyl (C=O) groups excluding carboxylic acids is 1. The molecule has 4 rings (SSSR count). The van der Waals surface area contributed by atoms with Crippen molar-refractivity contribution >= 4 is 22.7 Å². The molecule has 1 aromatic heterocycles. The molecule has 2 N–H and O–H groups in total. The van der Waals surface area contributed by atoms with Gasteiger partial charge in [-0.15, -0.1) is 0 Å². The Balaban J connectivity index is 1.46. The van der Waals surface area contributed by atoms with E-state index in [0.29, 0.717) is 35.4 Å². The summed E-state index contributed by atoms with van der Waals surface area (Å²) in [6, 6.07) is 11.3. The number of nitrogens with zero attached hydrogens (tertiary/aromatic N) is 1. The molecule has 25 heavy (non-hydrogen) atoms. The topological polar surface area (TPSA) is 78.3 Å². The second-order valence-electron chi connectivity index (χ2n) is 6.08. The predicted octanol–water partition coefficient (Wildman–Crippen LogP) is 2.27. The standard InChI is InChI=1S/C18H16FN3O3/c19-13-3-1-2-4-15(13)22-8-7-12(10-22)20-17(23)11-5-6-16-14(9-11)21-18(24)25-16/h1-6,9,12H,7-8,10H2,(H,20,23)(H,21,24)/t12-/m0/s1. The molecule has 0 aliphatic carbocycles. The Hall–Kier alpha value is -3.09. The molecule has 7 heteroatoms. The fraction of sp³-hybridized carbons (Fsp3) is 0.222. The number of amides is 1. The van der Waals surface area contributed by atoms with Crippen molar-refractivity contribution in [3.63, 3.8) is 0 Å². The van der Waals surface area contributed by atoms with E-state index >= 15 is 0 Å². The third-order valence-electron chi connectivity index (χ3n) is 4.40. The van der Waals surface area contributed by atoms with Crippen LogP contribution in [0, 0.1) is 5.82 Å². The Morgan fingerprint density at radius 2 is 2.12 bits per heavy atom. The van der Waals surface area contributed by atoms with Gasteiger partial charge in [0, 0.05) is 24.7 Å². The van der Waals surface area contributed by atoms with Crippen LogP contribution < -0.4 is 16.0 Å². The molecule has 0 radical (unpaired) electrons. The Morgan fingerprint density at radius 3 is 2.96 bits per heavy atom. The van der Waals surface area contributed by atoms with Crippen molar-refractivity contribution in [2.24, 2.45) is 0 Å². The maximum atomic E-state index is 13.9. The van der Waals surface area contributed by atoms with E-state index in [0.717, 1.165) is 6.42 Å². The molecule has 1 fully saturated rings. The molecule has 0 saturated carbocycles. The van der Waals surface area contributed by atoms with Crippen molar-refractivity contribution < 1.29 is 13.6 Å². The highest BCUT2D eigenvalue weighted by atomic mass is 19.1. The summed E-state index contributed by atoms with van der Waals surface area (Å²) < 4.78 is 18.8. The van der Waals surface area contributed by atoms with Crippen molar-refractivity contribution in [1.29, 1.82) is 0 Å². The maximum Gasteiger partial charge on any atom is 0.417 e. The molecular weight excluding hydrogens is 325 g/mol. The number of rotatable bonds is 3. The van der Waals surface area contributed by atoms with Crippen LogP contribution in [0.4, 0.5) is 10.1 Å². The lowest BCUT2D eigenvalue weighted by Gasteiger charge is -2.19. The fourth-order valence-electron chi connectivity index (χ4n) is 3.17. The molecular formula is C18H16FN3O3. The molecule has 1 atom stereocenters. The SMILES string of the molecule is O=C(N[C@H]1CCN(c2ccccc2F)C1)c1ccc2oc(=O)[nH]c2c1. The van der Waals surface area contributed by atoms with Gasteiger partial charge >= 0.3 is 5.76 Å². The van der Waals surface area contributed by atoms with E-state index < -0.39 is 5.76 Å². The van der Waals surface area contributed by atoms with E-state index in [1.807, 2.05) is 4.90 Å². The Bertz CT molecular complexity index is 994.